The van der Waals surface area contributed by atoms with Gasteiger partial charge in [-0.2, -0.15) is 0 Å². The highest BCUT2D eigenvalue weighted by atomic mass is 16.3. The van der Waals surface area contributed by atoms with Crippen LogP contribution in [0.4, 0.5) is 11.5 Å². The molecule has 0 amide bonds. The molecule has 2 aromatic heterocycles. The average molecular weight is 298 g/mol. The van der Waals surface area contributed by atoms with E-state index in [0.29, 0.717) is 0 Å². The van der Waals surface area contributed by atoms with Crippen LogP contribution in [0.15, 0.2) is 36.8 Å². The molecule has 0 aliphatic heterocycles. The van der Waals surface area contributed by atoms with Crippen LogP contribution in [0.25, 0.3) is 11.0 Å². The molecule has 0 fully saturated rings. The third-order valence-corrected chi connectivity index (χ3v) is 3.48. The van der Waals surface area contributed by atoms with Crippen LogP contribution >= 0.6 is 0 Å². The minimum atomic E-state index is 0.273. The summed E-state index contributed by atoms with van der Waals surface area (Å²) in [6.07, 6.45) is 3.55. The van der Waals surface area contributed by atoms with E-state index in [-0.39, 0.29) is 5.75 Å². The van der Waals surface area contributed by atoms with Gasteiger partial charge < -0.3 is 14.6 Å². The number of benzene rings is 1. The molecular formula is C17H22N4O. The van der Waals surface area contributed by atoms with Crippen molar-refractivity contribution in [2.75, 3.05) is 11.9 Å². The maximum atomic E-state index is 9.49. The van der Waals surface area contributed by atoms with Gasteiger partial charge >= 0.3 is 0 Å². The van der Waals surface area contributed by atoms with Gasteiger partial charge in [0.25, 0.3) is 0 Å². The summed E-state index contributed by atoms with van der Waals surface area (Å²) in [5.41, 5.74) is 3.93. The van der Waals surface area contributed by atoms with Crippen LogP contribution in [0.2, 0.25) is 0 Å². The number of aromatic hydroxyl groups is 1. The summed E-state index contributed by atoms with van der Waals surface area (Å²) < 4.78 is 1.97. The van der Waals surface area contributed by atoms with Crippen molar-refractivity contribution in [2.24, 2.45) is 7.05 Å². The molecule has 3 rings (SSSR count). The van der Waals surface area contributed by atoms with E-state index in [1.54, 1.807) is 24.7 Å². The molecule has 0 bridgehead atoms. The van der Waals surface area contributed by atoms with Gasteiger partial charge in [-0.05, 0) is 30.7 Å². The first-order chi connectivity index (χ1) is 10.6. The number of aryl methyl sites for hydroxylation is 2. The van der Waals surface area contributed by atoms with Crippen LogP contribution in [0.3, 0.4) is 0 Å². The van der Waals surface area contributed by atoms with Gasteiger partial charge in [0, 0.05) is 25.8 Å². The molecule has 1 N–H and O–H groups in total. The van der Waals surface area contributed by atoms with Crippen molar-refractivity contribution in [1.82, 2.24) is 14.5 Å². The minimum absolute atomic E-state index is 0.273. The number of hydrogen-bond donors (Lipinski definition) is 1. The fourth-order valence-corrected chi connectivity index (χ4v) is 2.34. The SMILES string of the molecule is CC.Cc1cc(O)ccc1N(C)c1cc2c(cn1)ncn2C. The van der Waals surface area contributed by atoms with E-state index in [1.807, 2.05) is 56.5 Å². The average Bonchev–Trinajstić information content (AvgIpc) is 2.90. The molecule has 0 aliphatic carbocycles. The highest BCUT2D eigenvalue weighted by Crippen LogP contribution is 2.29. The van der Waals surface area contributed by atoms with E-state index in [2.05, 4.69) is 9.97 Å². The zero-order valence-electron chi connectivity index (χ0n) is 13.7. The van der Waals surface area contributed by atoms with Gasteiger partial charge in [-0.1, -0.05) is 13.8 Å². The number of rotatable bonds is 2. The van der Waals surface area contributed by atoms with Crippen molar-refractivity contribution in [3.63, 3.8) is 0 Å². The largest absolute Gasteiger partial charge is 0.508 e. The standard InChI is InChI=1S/C15H16N4O.C2H6/c1-10-6-11(20)4-5-13(10)19(3)15-7-14-12(8-16-15)17-9-18(14)2;1-2/h4-9,20H,1-3H3;1-2H3. The van der Waals surface area contributed by atoms with Gasteiger partial charge in [-0.25, -0.2) is 9.97 Å². The third-order valence-electron chi connectivity index (χ3n) is 3.48. The zero-order chi connectivity index (χ0) is 16.3. The number of fused-ring (bicyclic) bond motifs is 1. The third kappa shape index (κ3) is 2.88. The molecule has 0 spiro atoms. The Labute approximate surface area is 130 Å². The fourth-order valence-electron chi connectivity index (χ4n) is 2.34. The summed E-state index contributed by atoms with van der Waals surface area (Å²) in [4.78, 5) is 10.7. The van der Waals surface area contributed by atoms with Crippen molar-refractivity contribution in [2.45, 2.75) is 20.8 Å². The number of nitrogens with zero attached hydrogens (tertiary/aromatic N) is 4. The van der Waals surface area contributed by atoms with Crippen molar-refractivity contribution in [1.29, 1.82) is 0 Å². The van der Waals surface area contributed by atoms with Crippen LogP contribution in [0.5, 0.6) is 5.75 Å². The molecule has 2 heterocycles. The Balaban J connectivity index is 0.000000847. The Morgan fingerprint density at radius 1 is 1.14 bits per heavy atom. The Morgan fingerprint density at radius 2 is 1.86 bits per heavy atom. The number of aromatic nitrogens is 3. The summed E-state index contributed by atoms with van der Waals surface area (Å²) in [5.74, 6) is 1.12. The lowest BCUT2D eigenvalue weighted by Gasteiger charge is -2.20. The summed E-state index contributed by atoms with van der Waals surface area (Å²) in [7, 11) is 3.93. The van der Waals surface area contributed by atoms with Crippen LogP contribution < -0.4 is 4.90 Å². The van der Waals surface area contributed by atoms with Crippen LogP contribution in [0, 0.1) is 6.92 Å². The lowest BCUT2D eigenvalue weighted by Crippen LogP contribution is -2.12. The molecule has 116 valence electrons. The maximum Gasteiger partial charge on any atom is 0.134 e. The lowest BCUT2D eigenvalue weighted by molar-refractivity contribution is 0.475. The predicted molar refractivity (Wildman–Crippen MR) is 90.8 cm³/mol. The second-order valence-corrected chi connectivity index (χ2v) is 4.92. The monoisotopic (exact) mass is 298 g/mol. The van der Waals surface area contributed by atoms with E-state index in [1.165, 1.54) is 0 Å². The minimum Gasteiger partial charge on any atom is -0.508 e. The quantitative estimate of drug-likeness (QED) is 0.782. The normalized spacial score (nSPS) is 10.2. The Kier molecular flexibility index (Phi) is 4.65. The first-order valence-electron chi connectivity index (χ1n) is 7.36. The molecule has 1 aromatic carbocycles. The molecule has 0 radical (unpaired) electrons. The van der Waals surface area contributed by atoms with E-state index >= 15 is 0 Å². The highest BCUT2D eigenvalue weighted by molar-refractivity contribution is 5.79. The van der Waals surface area contributed by atoms with Crippen LogP contribution in [-0.2, 0) is 7.05 Å². The van der Waals surface area contributed by atoms with Gasteiger partial charge in [-0.15, -0.1) is 0 Å². The Bertz CT molecular complexity index is 779. The second kappa shape index (κ2) is 6.47. The van der Waals surface area contributed by atoms with Gasteiger partial charge in [0.15, 0.2) is 0 Å². The van der Waals surface area contributed by atoms with Crippen molar-refractivity contribution >= 4 is 22.5 Å². The summed E-state index contributed by atoms with van der Waals surface area (Å²) in [6, 6.07) is 7.32. The number of pyridine rings is 1. The lowest BCUT2D eigenvalue weighted by atomic mass is 10.1. The van der Waals surface area contributed by atoms with Crippen molar-refractivity contribution < 1.29 is 5.11 Å². The molecular weight excluding hydrogens is 276 g/mol. The molecule has 0 saturated carbocycles. The molecule has 0 atom stereocenters. The zero-order valence-corrected chi connectivity index (χ0v) is 13.7. The Morgan fingerprint density at radius 3 is 2.55 bits per heavy atom. The molecule has 0 unspecified atom stereocenters. The van der Waals surface area contributed by atoms with Crippen molar-refractivity contribution in [3.05, 3.63) is 42.4 Å². The predicted octanol–water partition coefficient (Wildman–Crippen LogP) is 3.78. The Hall–Kier alpha value is -2.56. The topological polar surface area (TPSA) is 54.2 Å². The van der Waals surface area contributed by atoms with E-state index in [0.717, 1.165) is 28.1 Å². The molecule has 0 saturated heterocycles. The summed E-state index contributed by atoms with van der Waals surface area (Å²) in [5, 5.41) is 9.49. The van der Waals surface area contributed by atoms with Gasteiger partial charge in [0.1, 0.15) is 17.1 Å². The summed E-state index contributed by atoms with van der Waals surface area (Å²) in [6.45, 7) is 5.97. The maximum absolute atomic E-state index is 9.49. The van der Waals surface area contributed by atoms with E-state index < -0.39 is 0 Å². The van der Waals surface area contributed by atoms with E-state index in [9.17, 15) is 5.11 Å². The molecule has 5 heteroatoms. The van der Waals surface area contributed by atoms with Gasteiger partial charge in [0.05, 0.1) is 18.0 Å². The number of imidazole rings is 1. The van der Waals surface area contributed by atoms with Gasteiger partial charge in [-0.3, -0.25) is 0 Å². The smallest absolute Gasteiger partial charge is 0.134 e. The number of anilines is 2. The van der Waals surface area contributed by atoms with E-state index in [4.69, 9.17) is 0 Å². The van der Waals surface area contributed by atoms with Crippen LogP contribution in [0.1, 0.15) is 19.4 Å². The molecule has 0 aliphatic rings. The van der Waals surface area contributed by atoms with Gasteiger partial charge in [0.2, 0.25) is 0 Å². The summed E-state index contributed by atoms with van der Waals surface area (Å²) >= 11 is 0. The highest BCUT2D eigenvalue weighted by Gasteiger charge is 2.10. The molecule has 3 aromatic rings. The number of phenolic OH excluding ortho intramolecular Hbond substituents is 1. The molecule has 5 nitrogen and oxygen atoms in total. The first-order valence-corrected chi connectivity index (χ1v) is 7.36. The number of phenols is 1. The first kappa shape index (κ1) is 15.8. The number of hydrogen-bond acceptors (Lipinski definition) is 4. The van der Waals surface area contributed by atoms with Crippen molar-refractivity contribution in [3.8, 4) is 5.75 Å². The van der Waals surface area contributed by atoms with Crippen LogP contribution in [-0.4, -0.2) is 26.7 Å². The fraction of sp³-hybridized carbons (Fsp3) is 0.294. The second-order valence-electron chi connectivity index (χ2n) is 4.92. The molecule has 22 heavy (non-hydrogen) atoms.